The van der Waals surface area contributed by atoms with Crippen molar-refractivity contribution < 1.29 is 19.1 Å². The second kappa shape index (κ2) is 8.01. The Morgan fingerprint density at radius 1 is 1.18 bits per heavy atom. The minimum atomic E-state index is -1.11. The minimum Gasteiger partial charge on any atom is -0.448 e. The van der Waals surface area contributed by atoms with Crippen molar-refractivity contribution in [2.24, 2.45) is 5.73 Å². The molecule has 3 rings (SSSR count). The molecule has 1 aromatic carbocycles. The van der Waals surface area contributed by atoms with Crippen LogP contribution in [-0.2, 0) is 9.53 Å². The Kier molecular flexibility index (Phi) is 5.50. The molecule has 0 unspecified atom stereocenters. The first-order chi connectivity index (χ1) is 13.4. The summed E-state index contributed by atoms with van der Waals surface area (Å²) in [5.74, 6) is -2.02. The molecule has 3 aromatic rings. The van der Waals surface area contributed by atoms with Crippen molar-refractivity contribution in [3.63, 3.8) is 0 Å². The van der Waals surface area contributed by atoms with Gasteiger partial charge >= 0.3 is 5.97 Å². The van der Waals surface area contributed by atoms with Gasteiger partial charge in [0, 0.05) is 0 Å². The largest absolute Gasteiger partial charge is 0.448 e. The van der Waals surface area contributed by atoms with Gasteiger partial charge in [0.25, 0.3) is 11.8 Å². The smallest absolute Gasteiger partial charge is 0.361 e. The third kappa shape index (κ3) is 4.07. The molecule has 0 aliphatic heterocycles. The van der Waals surface area contributed by atoms with E-state index >= 15 is 0 Å². The third-order valence-corrected chi connectivity index (χ3v) is 4.61. The number of benzene rings is 1. The van der Waals surface area contributed by atoms with Crippen molar-refractivity contribution >= 4 is 34.1 Å². The molecule has 28 heavy (non-hydrogen) atoms. The number of hydrogen-bond donors (Lipinski definition) is 2. The molecule has 2 aromatic heterocycles. The van der Waals surface area contributed by atoms with Gasteiger partial charge in [-0.05, 0) is 37.4 Å². The number of amides is 2. The standard InChI is InChI=1S/C18H17N5O4S/c1-10-14(22-23(21-10)12-6-4-3-5-7-12)18(26)27-11(2)16(25)20-17-13(15(19)24)8-9-28-17/h3-9,11H,1-2H3,(H2,19,24)(H,20,25)/t11-/m0/s1. The van der Waals surface area contributed by atoms with E-state index in [2.05, 4.69) is 15.5 Å². The van der Waals surface area contributed by atoms with Crippen LogP contribution >= 0.6 is 11.3 Å². The van der Waals surface area contributed by atoms with Gasteiger partial charge in [-0.1, -0.05) is 18.2 Å². The van der Waals surface area contributed by atoms with E-state index < -0.39 is 23.9 Å². The first-order valence-corrected chi connectivity index (χ1v) is 9.13. The molecule has 2 amide bonds. The van der Waals surface area contributed by atoms with E-state index in [0.717, 1.165) is 11.3 Å². The van der Waals surface area contributed by atoms with Gasteiger partial charge in [0.15, 0.2) is 11.8 Å². The highest BCUT2D eigenvalue weighted by atomic mass is 32.1. The van der Waals surface area contributed by atoms with Crippen molar-refractivity contribution in [2.75, 3.05) is 5.32 Å². The highest BCUT2D eigenvalue weighted by Gasteiger charge is 2.24. The number of thiophene rings is 1. The fraction of sp³-hybridized carbons (Fsp3) is 0.167. The average molecular weight is 399 g/mol. The highest BCUT2D eigenvalue weighted by Crippen LogP contribution is 2.23. The fourth-order valence-corrected chi connectivity index (χ4v) is 3.12. The molecule has 2 heterocycles. The van der Waals surface area contributed by atoms with E-state index in [1.54, 1.807) is 24.4 Å². The molecule has 10 heteroatoms. The summed E-state index contributed by atoms with van der Waals surface area (Å²) in [7, 11) is 0. The van der Waals surface area contributed by atoms with Gasteiger partial charge in [0.05, 0.1) is 16.9 Å². The summed E-state index contributed by atoms with van der Waals surface area (Å²) in [5, 5.41) is 12.8. The Bertz CT molecular complexity index is 1030. The van der Waals surface area contributed by atoms with Crippen molar-refractivity contribution in [3.8, 4) is 5.69 Å². The third-order valence-electron chi connectivity index (χ3n) is 3.78. The molecule has 1 atom stereocenters. The van der Waals surface area contributed by atoms with Gasteiger partial charge < -0.3 is 15.8 Å². The van der Waals surface area contributed by atoms with Crippen LogP contribution in [0.4, 0.5) is 5.00 Å². The number of nitrogens with one attached hydrogen (secondary N) is 1. The first-order valence-electron chi connectivity index (χ1n) is 8.25. The summed E-state index contributed by atoms with van der Waals surface area (Å²) in [4.78, 5) is 37.4. The van der Waals surface area contributed by atoms with Crippen LogP contribution in [0.1, 0.15) is 33.5 Å². The molecule has 0 saturated heterocycles. The van der Waals surface area contributed by atoms with Gasteiger partial charge in [-0.25, -0.2) is 4.79 Å². The number of anilines is 1. The normalized spacial score (nSPS) is 11.6. The lowest BCUT2D eigenvalue weighted by Crippen LogP contribution is -2.30. The molecule has 0 fully saturated rings. The maximum atomic E-state index is 12.4. The van der Waals surface area contributed by atoms with Gasteiger partial charge in [-0.15, -0.1) is 16.4 Å². The summed E-state index contributed by atoms with van der Waals surface area (Å²) in [5.41, 5.74) is 6.51. The molecule has 9 nitrogen and oxygen atoms in total. The van der Waals surface area contributed by atoms with Crippen LogP contribution in [0, 0.1) is 6.92 Å². The second-order valence-corrected chi connectivity index (χ2v) is 6.74. The van der Waals surface area contributed by atoms with Crippen molar-refractivity contribution in [2.45, 2.75) is 20.0 Å². The van der Waals surface area contributed by atoms with E-state index in [4.69, 9.17) is 10.5 Å². The zero-order valence-corrected chi connectivity index (χ0v) is 15.9. The van der Waals surface area contributed by atoms with Gasteiger partial charge in [-0.2, -0.15) is 9.90 Å². The van der Waals surface area contributed by atoms with E-state index in [1.165, 1.54) is 17.8 Å². The highest BCUT2D eigenvalue weighted by molar-refractivity contribution is 7.14. The Morgan fingerprint density at radius 3 is 2.57 bits per heavy atom. The minimum absolute atomic E-state index is 0.0115. The number of primary amides is 1. The lowest BCUT2D eigenvalue weighted by atomic mass is 10.3. The molecule has 0 radical (unpaired) electrons. The predicted molar refractivity (Wildman–Crippen MR) is 102 cm³/mol. The van der Waals surface area contributed by atoms with Crippen LogP contribution in [0.15, 0.2) is 41.8 Å². The number of carbonyl (C=O) groups excluding carboxylic acids is 3. The van der Waals surface area contributed by atoms with Gasteiger partial charge in [0.1, 0.15) is 5.00 Å². The summed E-state index contributed by atoms with van der Waals surface area (Å²) in [6.45, 7) is 3.04. The van der Waals surface area contributed by atoms with Crippen molar-refractivity contribution in [1.82, 2.24) is 15.0 Å². The zero-order chi connectivity index (χ0) is 20.3. The fourth-order valence-electron chi connectivity index (χ4n) is 2.33. The van der Waals surface area contributed by atoms with E-state index in [9.17, 15) is 14.4 Å². The van der Waals surface area contributed by atoms with E-state index in [0.29, 0.717) is 16.4 Å². The number of esters is 1. The molecule has 0 spiro atoms. The van der Waals surface area contributed by atoms with E-state index in [-0.39, 0.29) is 11.3 Å². The number of para-hydroxylation sites is 1. The maximum absolute atomic E-state index is 12.4. The molecule has 0 aliphatic rings. The number of nitrogens with two attached hydrogens (primary N) is 1. The van der Waals surface area contributed by atoms with Crippen molar-refractivity contribution in [1.29, 1.82) is 0 Å². The number of hydrogen-bond acceptors (Lipinski definition) is 7. The Hall–Kier alpha value is -3.53. The number of nitrogens with zero attached hydrogens (tertiary/aromatic N) is 3. The van der Waals surface area contributed by atoms with Crippen LogP contribution in [0.3, 0.4) is 0 Å². The molecule has 144 valence electrons. The number of ether oxygens (including phenoxy) is 1. The van der Waals surface area contributed by atoms with Crippen LogP contribution in [-0.4, -0.2) is 38.9 Å². The predicted octanol–water partition coefficient (Wildman–Crippen LogP) is 1.92. The monoisotopic (exact) mass is 399 g/mol. The topological polar surface area (TPSA) is 129 Å². The Balaban J connectivity index is 1.69. The maximum Gasteiger partial charge on any atom is 0.361 e. The molecule has 0 bridgehead atoms. The Labute approximate surface area is 164 Å². The van der Waals surface area contributed by atoms with Crippen LogP contribution < -0.4 is 11.1 Å². The quantitative estimate of drug-likeness (QED) is 0.609. The Morgan fingerprint density at radius 2 is 1.89 bits per heavy atom. The zero-order valence-electron chi connectivity index (χ0n) is 15.1. The number of rotatable bonds is 6. The summed E-state index contributed by atoms with van der Waals surface area (Å²) in [6.07, 6.45) is -1.11. The molecule has 0 saturated carbocycles. The number of aromatic nitrogens is 3. The summed E-state index contributed by atoms with van der Waals surface area (Å²) >= 11 is 1.14. The molecular weight excluding hydrogens is 382 g/mol. The van der Waals surface area contributed by atoms with Gasteiger partial charge in [-0.3, -0.25) is 9.59 Å². The summed E-state index contributed by atoms with van der Waals surface area (Å²) in [6, 6.07) is 10.6. The lowest BCUT2D eigenvalue weighted by Gasteiger charge is -2.12. The van der Waals surface area contributed by atoms with Gasteiger partial charge in [0.2, 0.25) is 0 Å². The molecular formula is C18H17N5O4S. The molecule has 3 N–H and O–H groups in total. The van der Waals surface area contributed by atoms with Crippen LogP contribution in [0.25, 0.3) is 5.69 Å². The summed E-state index contributed by atoms with van der Waals surface area (Å²) < 4.78 is 5.20. The number of carbonyl (C=O) groups is 3. The lowest BCUT2D eigenvalue weighted by molar-refractivity contribution is -0.123. The SMILES string of the molecule is Cc1nn(-c2ccccc2)nc1C(=O)O[C@@H](C)C(=O)Nc1sccc1C(N)=O. The molecule has 0 aliphatic carbocycles. The average Bonchev–Trinajstić information content (AvgIpc) is 3.29. The van der Waals surface area contributed by atoms with E-state index in [1.807, 2.05) is 18.2 Å². The van der Waals surface area contributed by atoms with Crippen LogP contribution in [0.5, 0.6) is 0 Å². The first kappa shape index (κ1) is 19.2. The number of aryl methyl sites for hydroxylation is 1. The van der Waals surface area contributed by atoms with Crippen molar-refractivity contribution in [3.05, 3.63) is 58.7 Å². The second-order valence-electron chi connectivity index (χ2n) is 5.82. The van der Waals surface area contributed by atoms with Crippen LogP contribution in [0.2, 0.25) is 0 Å².